The summed E-state index contributed by atoms with van der Waals surface area (Å²) in [5.41, 5.74) is 1.91. The van der Waals surface area contributed by atoms with E-state index in [0.29, 0.717) is 0 Å². The van der Waals surface area contributed by atoms with Crippen molar-refractivity contribution < 1.29 is 9.37 Å². The number of carbonyl (C=O) groups is 1. The third-order valence-corrected chi connectivity index (χ3v) is 3.45. The molecule has 0 atom stereocenters. The molecule has 0 aliphatic carbocycles. The molecule has 0 aliphatic heterocycles. The van der Waals surface area contributed by atoms with Crippen LogP contribution in [0.2, 0.25) is 0 Å². The lowest BCUT2D eigenvalue weighted by Gasteiger charge is -2.07. The zero-order chi connectivity index (χ0) is 15.8. The van der Waals surface area contributed by atoms with E-state index in [1.807, 2.05) is 60.0 Å². The van der Waals surface area contributed by atoms with Crippen molar-refractivity contribution in [3.05, 3.63) is 84.6 Å². The van der Waals surface area contributed by atoms with Gasteiger partial charge in [0.2, 0.25) is 11.6 Å². The third kappa shape index (κ3) is 4.42. The third-order valence-electron chi connectivity index (χ3n) is 3.45. The molecular weight excluding hydrogens is 272 g/mol. The Morgan fingerprint density at radius 1 is 1.09 bits per heavy atom. The molecule has 2 rings (SSSR count). The lowest BCUT2D eigenvalue weighted by molar-refractivity contribution is -0.476. The van der Waals surface area contributed by atoms with Crippen LogP contribution in [0.5, 0.6) is 0 Å². The first kappa shape index (κ1) is 15.7. The first-order chi connectivity index (χ1) is 10.7. The predicted molar refractivity (Wildman–Crippen MR) is 90.1 cm³/mol. The Bertz CT molecular complexity index is 660. The Morgan fingerprint density at radius 2 is 1.68 bits per heavy atom. The van der Waals surface area contributed by atoms with E-state index in [1.165, 1.54) is 5.56 Å². The lowest BCUT2D eigenvalue weighted by atomic mass is 10.1. The van der Waals surface area contributed by atoms with Crippen LogP contribution in [0.1, 0.15) is 22.8 Å². The van der Waals surface area contributed by atoms with E-state index in [4.69, 9.17) is 0 Å². The van der Waals surface area contributed by atoms with E-state index in [9.17, 15) is 4.79 Å². The van der Waals surface area contributed by atoms with Crippen LogP contribution < -0.4 is 5.32 Å². The van der Waals surface area contributed by atoms with E-state index in [0.717, 1.165) is 17.9 Å². The molecule has 0 aliphatic rings. The van der Waals surface area contributed by atoms with Crippen molar-refractivity contribution in [1.82, 2.24) is 5.32 Å². The molecule has 0 amide bonds. The second-order valence-electron chi connectivity index (χ2n) is 5.02. The van der Waals surface area contributed by atoms with Gasteiger partial charge >= 0.3 is 0 Å². The number of carbonyl (C=O) groups excluding carboxylic acids is 1. The minimum absolute atomic E-state index is 0.0728. The highest BCUT2D eigenvalue weighted by atomic mass is 16.1. The van der Waals surface area contributed by atoms with Crippen molar-refractivity contribution in [3.8, 4) is 0 Å². The molecule has 0 heterocycles. The fraction of sp³-hybridized carbons (Fsp3) is 0.158. The van der Waals surface area contributed by atoms with Gasteiger partial charge in [0.1, 0.15) is 13.1 Å². The number of Topliss-reactive ketones (excluding diaryl/α,β-unsaturated/α-hetero) is 1. The maximum Gasteiger partial charge on any atom is 0.246 e. The van der Waals surface area contributed by atoms with Crippen molar-refractivity contribution >= 4 is 11.6 Å². The summed E-state index contributed by atoms with van der Waals surface area (Å²) in [5, 5.41) is 3.17. The minimum Gasteiger partial charge on any atom is -0.290 e. The molecule has 0 radical (unpaired) electrons. The van der Waals surface area contributed by atoms with E-state index in [-0.39, 0.29) is 12.3 Å². The molecule has 2 aromatic rings. The van der Waals surface area contributed by atoms with E-state index >= 15 is 0 Å². The predicted octanol–water partition coefficient (Wildman–Crippen LogP) is 3.23. The molecule has 1 N–H and O–H groups in total. The number of ketones is 1. The fourth-order valence-corrected chi connectivity index (χ4v) is 2.14. The Hall–Kier alpha value is -2.68. The van der Waals surface area contributed by atoms with Gasteiger partial charge in [0, 0.05) is 12.5 Å². The number of hydrogen-bond acceptors (Lipinski definition) is 1. The maximum absolute atomic E-state index is 12.1. The molecule has 0 saturated carbocycles. The van der Waals surface area contributed by atoms with Gasteiger partial charge in [0.25, 0.3) is 0 Å². The monoisotopic (exact) mass is 293 g/mol. The Balaban J connectivity index is 2.00. The molecule has 3 nitrogen and oxygen atoms in total. The molecule has 0 fully saturated rings. The summed E-state index contributed by atoms with van der Waals surface area (Å²) in [6, 6.07) is 19.5. The van der Waals surface area contributed by atoms with Gasteiger partial charge in [-0.1, -0.05) is 67.2 Å². The highest BCUT2D eigenvalue weighted by molar-refractivity contribution is 5.99. The van der Waals surface area contributed by atoms with Crippen molar-refractivity contribution in [2.45, 2.75) is 13.5 Å². The van der Waals surface area contributed by atoms with Crippen LogP contribution in [0, 0.1) is 0 Å². The van der Waals surface area contributed by atoms with Gasteiger partial charge < -0.3 is 0 Å². The Morgan fingerprint density at radius 3 is 2.27 bits per heavy atom. The van der Waals surface area contributed by atoms with Crippen LogP contribution in [0.3, 0.4) is 0 Å². The Kier molecular flexibility index (Phi) is 5.66. The van der Waals surface area contributed by atoms with E-state index < -0.39 is 0 Å². The van der Waals surface area contributed by atoms with Gasteiger partial charge in [0.15, 0.2) is 0 Å². The summed E-state index contributed by atoms with van der Waals surface area (Å²) in [4.78, 5) is 12.1. The van der Waals surface area contributed by atoms with Crippen molar-refractivity contribution in [2.24, 2.45) is 0 Å². The molecule has 22 heavy (non-hydrogen) atoms. The SMILES string of the molecule is C=C[N+](Cc1ccccc1)=C(C)NCC(=O)c1ccccc1. The molecular formula is C19H21N2O+. The van der Waals surface area contributed by atoms with Crippen molar-refractivity contribution in [3.63, 3.8) is 0 Å². The van der Waals surface area contributed by atoms with Crippen LogP contribution in [0.25, 0.3) is 0 Å². The zero-order valence-electron chi connectivity index (χ0n) is 12.8. The van der Waals surface area contributed by atoms with Gasteiger partial charge in [-0.25, -0.2) is 4.58 Å². The normalized spacial score (nSPS) is 11.5. The van der Waals surface area contributed by atoms with Crippen LogP contribution in [-0.2, 0) is 6.54 Å². The number of benzene rings is 2. The second kappa shape index (κ2) is 7.93. The number of hydrogen-bond donors (Lipinski definition) is 1. The van der Waals surface area contributed by atoms with E-state index in [2.05, 4.69) is 24.0 Å². The quantitative estimate of drug-likeness (QED) is 0.384. The van der Waals surface area contributed by atoms with Gasteiger partial charge in [0.05, 0.1) is 6.20 Å². The topological polar surface area (TPSA) is 32.1 Å². The molecule has 0 spiro atoms. The number of rotatable bonds is 6. The number of nitrogens with zero attached hydrogens (tertiary/aromatic N) is 1. The fourth-order valence-electron chi connectivity index (χ4n) is 2.14. The Labute approximate surface area is 131 Å². The van der Waals surface area contributed by atoms with Gasteiger partial charge in [-0.05, 0) is 5.56 Å². The first-order valence-corrected chi connectivity index (χ1v) is 7.29. The second-order valence-corrected chi connectivity index (χ2v) is 5.02. The van der Waals surface area contributed by atoms with Crippen molar-refractivity contribution in [2.75, 3.05) is 6.54 Å². The molecule has 3 heteroatoms. The summed E-state index contributed by atoms with van der Waals surface area (Å²) in [5.74, 6) is 0.979. The number of amidine groups is 1. The van der Waals surface area contributed by atoms with Gasteiger partial charge in [-0.2, -0.15) is 0 Å². The minimum atomic E-state index is 0.0728. The van der Waals surface area contributed by atoms with Crippen LogP contribution >= 0.6 is 0 Å². The van der Waals surface area contributed by atoms with Crippen LogP contribution in [0.4, 0.5) is 0 Å². The molecule has 0 unspecified atom stereocenters. The molecule has 112 valence electrons. The van der Waals surface area contributed by atoms with Gasteiger partial charge in [-0.3, -0.25) is 10.1 Å². The highest BCUT2D eigenvalue weighted by Crippen LogP contribution is 2.02. The average molecular weight is 293 g/mol. The summed E-state index contributed by atoms with van der Waals surface area (Å²) in [7, 11) is 0. The number of nitrogens with one attached hydrogen (secondary N) is 1. The molecule has 0 bridgehead atoms. The zero-order valence-corrected chi connectivity index (χ0v) is 12.8. The summed E-state index contributed by atoms with van der Waals surface area (Å²) >= 11 is 0. The molecule has 0 saturated heterocycles. The van der Waals surface area contributed by atoms with Crippen LogP contribution in [-0.4, -0.2) is 22.7 Å². The standard InChI is InChI=1S/C19H20N2O/c1-3-21(15-17-10-6-4-7-11-17)16(2)20-14-19(22)18-12-8-5-9-13-18/h3-13H,1,14-15H2,2H3/p+1. The molecule has 2 aromatic carbocycles. The van der Waals surface area contributed by atoms with Crippen molar-refractivity contribution in [1.29, 1.82) is 0 Å². The van der Waals surface area contributed by atoms with Crippen LogP contribution in [0.15, 0.2) is 73.4 Å². The van der Waals surface area contributed by atoms with Gasteiger partial charge in [-0.15, -0.1) is 0 Å². The maximum atomic E-state index is 12.1. The first-order valence-electron chi connectivity index (χ1n) is 7.29. The summed E-state index contributed by atoms with van der Waals surface area (Å²) < 4.78 is 1.99. The highest BCUT2D eigenvalue weighted by Gasteiger charge is 2.11. The summed E-state index contributed by atoms with van der Waals surface area (Å²) in [6.45, 7) is 6.79. The smallest absolute Gasteiger partial charge is 0.246 e. The summed E-state index contributed by atoms with van der Waals surface area (Å²) in [6.07, 6.45) is 1.77. The lowest BCUT2D eigenvalue weighted by Crippen LogP contribution is -2.33. The largest absolute Gasteiger partial charge is 0.290 e. The molecule has 0 aromatic heterocycles. The average Bonchev–Trinajstić information content (AvgIpc) is 2.59. The van der Waals surface area contributed by atoms with E-state index in [1.54, 1.807) is 6.20 Å².